The second-order valence-electron chi connectivity index (χ2n) is 3.54. The first-order valence-corrected chi connectivity index (χ1v) is 5.06. The van der Waals surface area contributed by atoms with Crippen molar-refractivity contribution in [1.82, 2.24) is 9.55 Å². The summed E-state index contributed by atoms with van der Waals surface area (Å²) >= 11 is 0. The second kappa shape index (κ2) is 4.69. The number of benzene rings is 1. The highest BCUT2D eigenvalue weighted by atomic mass is 16.5. The number of aromatic nitrogens is 2. The van der Waals surface area contributed by atoms with Crippen LogP contribution in [0.3, 0.4) is 0 Å². The van der Waals surface area contributed by atoms with Crippen LogP contribution < -0.4 is 4.74 Å². The van der Waals surface area contributed by atoms with E-state index in [0.717, 1.165) is 0 Å². The number of Topliss-reactive ketones (excluding diaryl/α,β-unsaturated/α-hetero) is 1. The molecule has 0 amide bonds. The van der Waals surface area contributed by atoms with Gasteiger partial charge in [-0.2, -0.15) is 0 Å². The second-order valence-corrected chi connectivity index (χ2v) is 3.54. The van der Waals surface area contributed by atoms with Crippen molar-refractivity contribution >= 4 is 5.78 Å². The molecule has 0 atom stereocenters. The van der Waals surface area contributed by atoms with Crippen LogP contribution in [0.15, 0.2) is 36.9 Å². The lowest BCUT2D eigenvalue weighted by atomic mass is 10.1. The van der Waals surface area contributed by atoms with Crippen LogP contribution in [0.25, 0.3) is 0 Å². The van der Waals surface area contributed by atoms with E-state index in [4.69, 9.17) is 4.74 Å². The van der Waals surface area contributed by atoms with Crippen molar-refractivity contribution in [3.63, 3.8) is 0 Å². The van der Waals surface area contributed by atoms with Gasteiger partial charge in [0, 0.05) is 18.5 Å². The van der Waals surface area contributed by atoms with Gasteiger partial charge in [-0.1, -0.05) is 0 Å². The van der Waals surface area contributed by atoms with E-state index in [9.17, 15) is 9.90 Å². The fourth-order valence-corrected chi connectivity index (χ4v) is 1.51. The monoisotopic (exact) mass is 232 g/mol. The average Bonchev–Trinajstić information content (AvgIpc) is 2.81. The molecule has 1 aromatic carbocycles. The fraction of sp³-hybridized carbons (Fsp3) is 0.167. The van der Waals surface area contributed by atoms with Gasteiger partial charge in [0.2, 0.25) is 0 Å². The van der Waals surface area contributed by atoms with Gasteiger partial charge in [0.05, 0.1) is 25.5 Å². The number of imidazole rings is 1. The molecule has 0 aliphatic heterocycles. The van der Waals surface area contributed by atoms with Crippen molar-refractivity contribution in [3.05, 3.63) is 42.5 Å². The van der Waals surface area contributed by atoms with Crippen LogP contribution in [-0.2, 0) is 6.54 Å². The Labute approximate surface area is 98.3 Å². The molecule has 1 heterocycles. The minimum atomic E-state index is -0.178. The van der Waals surface area contributed by atoms with Crippen LogP contribution in [0, 0.1) is 0 Å². The Balaban J connectivity index is 2.19. The maximum atomic E-state index is 11.9. The van der Waals surface area contributed by atoms with Gasteiger partial charge in [0.15, 0.2) is 5.78 Å². The smallest absolute Gasteiger partial charge is 0.186 e. The van der Waals surface area contributed by atoms with Gasteiger partial charge in [0.25, 0.3) is 0 Å². The van der Waals surface area contributed by atoms with E-state index in [1.807, 2.05) is 0 Å². The maximum absolute atomic E-state index is 11.9. The zero-order chi connectivity index (χ0) is 12.3. The third-order valence-electron chi connectivity index (χ3n) is 2.39. The topological polar surface area (TPSA) is 64.4 Å². The standard InChI is InChI=1S/C12H12N2O3/c1-17-9-2-3-10(11(15)6-9)12(16)7-14-5-4-13-8-14/h2-6,8,15H,7H2,1H3. The molecule has 0 aliphatic rings. The third kappa shape index (κ3) is 2.44. The van der Waals surface area contributed by atoms with Crippen LogP contribution in [-0.4, -0.2) is 27.6 Å². The van der Waals surface area contributed by atoms with E-state index in [2.05, 4.69) is 4.98 Å². The summed E-state index contributed by atoms with van der Waals surface area (Å²) < 4.78 is 6.59. The van der Waals surface area contributed by atoms with Gasteiger partial charge in [-0.25, -0.2) is 4.98 Å². The summed E-state index contributed by atoms with van der Waals surface area (Å²) in [6.45, 7) is 0.153. The lowest BCUT2D eigenvalue weighted by molar-refractivity contribution is 0.0969. The molecular formula is C12H12N2O3. The molecule has 1 N–H and O–H groups in total. The number of hydrogen-bond acceptors (Lipinski definition) is 4. The molecular weight excluding hydrogens is 220 g/mol. The van der Waals surface area contributed by atoms with E-state index in [1.165, 1.54) is 13.2 Å². The summed E-state index contributed by atoms with van der Waals surface area (Å²) in [6.07, 6.45) is 4.85. The van der Waals surface area contributed by atoms with Crippen LogP contribution in [0.1, 0.15) is 10.4 Å². The quantitative estimate of drug-likeness (QED) is 0.811. The molecule has 0 fully saturated rings. The number of aromatic hydroxyl groups is 1. The number of ether oxygens (including phenoxy) is 1. The molecule has 88 valence electrons. The summed E-state index contributed by atoms with van der Waals surface area (Å²) in [5, 5.41) is 9.70. The van der Waals surface area contributed by atoms with Crippen molar-refractivity contribution in [1.29, 1.82) is 0 Å². The fourth-order valence-electron chi connectivity index (χ4n) is 1.51. The Morgan fingerprint density at radius 2 is 2.35 bits per heavy atom. The predicted molar refractivity (Wildman–Crippen MR) is 61.2 cm³/mol. The molecule has 0 aliphatic carbocycles. The highest BCUT2D eigenvalue weighted by Crippen LogP contribution is 2.23. The van der Waals surface area contributed by atoms with Crippen molar-refractivity contribution in [2.24, 2.45) is 0 Å². The molecule has 1 aromatic heterocycles. The number of rotatable bonds is 4. The van der Waals surface area contributed by atoms with E-state index in [1.54, 1.807) is 35.4 Å². The predicted octanol–water partition coefficient (Wildman–Crippen LogP) is 1.48. The van der Waals surface area contributed by atoms with Gasteiger partial charge in [-0.05, 0) is 12.1 Å². The van der Waals surface area contributed by atoms with E-state index in [0.29, 0.717) is 5.75 Å². The van der Waals surface area contributed by atoms with Crippen molar-refractivity contribution in [3.8, 4) is 11.5 Å². The number of phenols is 1. The Bertz CT molecular complexity index is 521. The SMILES string of the molecule is COc1ccc(C(=O)Cn2ccnc2)c(O)c1. The summed E-state index contributed by atoms with van der Waals surface area (Å²) in [7, 11) is 1.50. The number of nitrogens with zero attached hydrogens (tertiary/aromatic N) is 2. The molecule has 2 rings (SSSR count). The first-order valence-electron chi connectivity index (χ1n) is 5.06. The summed E-state index contributed by atoms with van der Waals surface area (Å²) in [6, 6.07) is 4.61. The Kier molecular flexibility index (Phi) is 3.09. The van der Waals surface area contributed by atoms with Gasteiger partial charge >= 0.3 is 0 Å². The molecule has 2 aromatic rings. The van der Waals surface area contributed by atoms with Crippen LogP contribution in [0.5, 0.6) is 11.5 Å². The number of carbonyl (C=O) groups is 1. The molecule has 0 spiro atoms. The molecule has 0 radical (unpaired) electrons. The highest BCUT2D eigenvalue weighted by Gasteiger charge is 2.12. The van der Waals surface area contributed by atoms with Crippen LogP contribution >= 0.6 is 0 Å². The minimum Gasteiger partial charge on any atom is -0.507 e. The Morgan fingerprint density at radius 1 is 1.53 bits per heavy atom. The number of phenolic OH excluding ortho intramolecular Hbond substituents is 1. The molecule has 0 saturated heterocycles. The summed E-state index contributed by atoms with van der Waals surface area (Å²) in [4.78, 5) is 15.7. The Hall–Kier alpha value is -2.30. The van der Waals surface area contributed by atoms with Gasteiger partial charge in [-0.3, -0.25) is 4.79 Å². The van der Waals surface area contributed by atoms with Crippen LogP contribution in [0.2, 0.25) is 0 Å². The number of methoxy groups -OCH3 is 1. The zero-order valence-electron chi connectivity index (χ0n) is 9.33. The lowest BCUT2D eigenvalue weighted by Gasteiger charge is -2.06. The molecule has 0 unspecified atom stereocenters. The number of carbonyl (C=O) groups excluding carboxylic acids is 1. The zero-order valence-corrected chi connectivity index (χ0v) is 9.33. The molecule has 5 nitrogen and oxygen atoms in total. The van der Waals surface area contributed by atoms with Crippen LogP contribution in [0.4, 0.5) is 0 Å². The van der Waals surface area contributed by atoms with E-state index >= 15 is 0 Å². The van der Waals surface area contributed by atoms with Gasteiger partial charge in [0.1, 0.15) is 11.5 Å². The lowest BCUT2D eigenvalue weighted by Crippen LogP contribution is -2.09. The van der Waals surface area contributed by atoms with Gasteiger partial charge < -0.3 is 14.4 Å². The van der Waals surface area contributed by atoms with Crippen molar-refractivity contribution < 1.29 is 14.6 Å². The Morgan fingerprint density at radius 3 is 2.94 bits per heavy atom. The molecule has 0 saturated carbocycles. The first kappa shape index (κ1) is 11.2. The minimum absolute atomic E-state index is 0.0746. The maximum Gasteiger partial charge on any atom is 0.186 e. The van der Waals surface area contributed by atoms with Gasteiger partial charge in [-0.15, -0.1) is 0 Å². The largest absolute Gasteiger partial charge is 0.507 e. The number of ketones is 1. The third-order valence-corrected chi connectivity index (χ3v) is 2.39. The number of hydrogen-bond donors (Lipinski definition) is 1. The van der Waals surface area contributed by atoms with Crippen molar-refractivity contribution in [2.75, 3.05) is 7.11 Å². The van der Waals surface area contributed by atoms with E-state index < -0.39 is 0 Å². The summed E-state index contributed by atoms with van der Waals surface area (Å²) in [5.41, 5.74) is 0.277. The molecule has 0 bridgehead atoms. The average molecular weight is 232 g/mol. The first-order chi connectivity index (χ1) is 8.20. The molecule has 17 heavy (non-hydrogen) atoms. The normalized spacial score (nSPS) is 10.2. The summed E-state index contributed by atoms with van der Waals surface area (Å²) in [5.74, 6) is 0.263. The van der Waals surface area contributed by atoms with Crippen molar-refractivity contribution in [2.45, 2.75) is 6.54 Å². The highest BCUT2D eigenvalue weighted by molar-refractivity contribution is 5.98. The molecule has 5 heteroatoms. The van der Waals surface area contributed by atoms with E-state index in [-0.39, 0.29) is 23.6 Å².